The Bertz CT molecular complexity index is 680. The zero-order chi connectivity index (χ0) is 16.2. The Morgan fingerprint density at radius 3 is 3.00 bits per heavy atom. The van der Waals surface area contributed by atoms with Gasteiger partial charge in [-0.05, 0) is 38.4 Å². The molecule has 5 nitrogen and oxygen atoms in total. The van der Waals surface area contributed by atoms with Crippen molar-refractivity contribution in [2.45, 2.75) is 26.3 Å². The average Bonchev–Trinajstić information content (AvgIpc) is 2.99. The van der Waals surface area contributed by atoms with E-state index in [0.717, 1.165) is 44.0 Å². The molecule has 1 N–H and O–H groups in total. The van der Waals surface area contributed by atoms with Crippen molar-refractivity contribution >= 4 is 5.78 Å². The highest BCUT2D eigenvalue weighted by molar-refractivity contribution is 6.00. The number of piperidine rings is 1. The summed E-state index contributed by atoms with van der Waals surface area (Å²) in [6, 6.07) is 7.49. The standard InChI is InChI=1S/C18H23N3O2/c1-13-19-10-15(20-13)12-21-9-5-6-14(11-21)18(22)16-7-3-4-8-17(16)23-2/h3-4,7-8,10,14H,5-6,9,11-12H2,1-2H3,(H,19,20). The number of nitrogens with zero attached hydrogens (tertiary/aromatic N) is 2. The summed E-state index contributed by atoms with van der Waals surface area (Å²) in [6.45, 7) is 4.58. The Kier molecular flexibility index (Phi) is 4.76. The molecular weight excluding hydrogens is 290 g/mol. The SMILES string of the molecule is COc1ccccc1C(=O)C1CCCN(Cc2cnc(C)[nH]2)C1. The third kappa shape index (κ3) is 3.62. The summed E-state index contributed by atoms with van der Waals surface area (Å²) in [4.78, 5) is 22.7. The molecule has 122 valence electrons. The fourth-order valence-electron chi connectivity index (χ4n) is 3.27. The van der Waals surface area contributed by atoms with Gasteiger partial charge in [0.25, 0.3) is 0 Å². The van der Waals surface area contributed by atoms with Crippen molar-refractivity contribution < 1.29 is 9.53 Å². The van der Waals surface area contributed by atoms with E-state index in [-0.39, 0.29) is 11.7 Å². The van der Waals surface area contributed by atoms with Crippen LogP contribution in [0, 0.1) is 12.8 Å². The van der Waals surface area contributed by atoms with Crippen LogP contribution in [0.25, 0.3) is 0 Å². The number of carbonyl (C=O) groups is 1. The highest BCUT2D eigenvalue weighted by atomic mass is 16.5. The third-order valence-electron chi connectivity index (χ3n) is 4.40. The molecule has 2 heterocycles. The lowest BCUT2D eigenvalue weighted by molar-refractivity contribution is 0.0807. The molecule has 1 aliphatic heterocycles. The first-order chi connectivity index (χ1) is 11.2. The maximum atomic E-state index is 12.9. The molecule has 1 fully saturated rings. The molecule has 2 aromatic rings. The lowest BCUT2D eigenvalue weighted by Crippen LogP contribution is -2.38. The minimum absolute atomic E-state index is 0.0315. The third-order valence-corrected chi connectivity index (χ3v) is 4.40. The number of imidazole rings is 1. The van der Waals surface area contributed by atoms with Crippen LogP contribution < -0.4 is 4.74 Å². The minimum Gasteiger partial charge on any atom is -0.496 e. The Balaban J connectivity index is 1.69. The summed E-state index contributed by atoms with van der Waals surface area (Å²) in [7, 11) is 1.61. The van der Waals surface area contributed by atoms with Crippen molar-refractivity contribution in [3.63, 3.8) is 0 Å². The number of para-hydroxylation sites is 1. The molecule has 0 radical (unpaired) electrons. The first-order valence-electron chi connectivity index (χ1n) is 8.07. The van der Waals surface area contributed by atoms with E-state index in [4.69, 9.17) is 4.74 Å². The number of aromatic amines is 1. The Labute approximate surface area is 136 Å². The number of aromatic nitrogens is 2. The van der Waals surface area contributed by atoms with Crippen LogP contribution in [-0.4, -0.2) is 40.9 Å². The molecule has 1 aromatic carbocycles. The van der Waals surface area contributed by atoms with Crippen molar-refractivity contribution in [2.24, 2.45) is 5.92 Å². The number of nitrogens with one attached hydrogen (secondary N) is 1. The van der Waals surface area contributed by atoms with Gasteiger partial charge in [0.2, 0.25) is 0 Å². The number of hydrogen-bond donors (Lipinski definition) is 1. The number of carbonyl (C=O) groups excluding carboxylic acids is 1. The summed E-state index contributed by atoms with van der Waals surface area (Å²) in [5.74, 6) is 1.81. The zero-order valence-corrected chi connectivity index (χ0v) is 13.7. The van der Waals surface area contributed by atoms with Crippen LogP contribution in [0.4, 0.5) is 0 Å². The molecule has 1 aromatic heterocycles. The maximum absolute atomic E-state index is 12.9. The van der Waals surface area contributed by atoms with Crippen LogP contribution in [0.15, 0.2) is 30.5 Å². The second-order valence-electron chi connectivity index (χ2n) is 6.13. The van der Waals surface area contributed by atoms with Crippen molar-refractivity contribution in [3.05, 3.63) is 47.5 Å². The summed E-state index contributed by atoms with van der Waals surface area (Å²) in [5.41, 5.74) is 1.80. The van der Waals surface area contributed by atoms with E-state index in [1.54, 1.807) is 7.11 Å². The number of hydrogen-bond acceptors (Lipinski definition) is 4. The van der Waals surface area contributed by atoms with Gasteiger partial charge in [0.15, 0.2) is 5.78 Å². The predicted octanol–water partition coefficient (Wildman–Crippen LogP) is 2.82. The van der Waals surface area contributed by atoms with E-state index in [0.29, 0.717) is 11.3 Å². The van der Waals surface area contributed by atoms with E-state index in [9.17, 15) is 4.79 Å². The van der Waals surface area contributed by atoms with Crippen LogP contribution in [-0.2, 0) is 6.54 Å². The molecule has 5 heteroatoms. The van der Waals surface area contributed by atoms with Gasteiger partial charge in [-0.3, -0.25) is 9.69 Å². The van der Waals surface area contributed by atoms with E-state index in [1.807, 2.05) is 37.4 Å². The van der Waals surface area contributed by atoms with E-state index >= 15 is 0 Å². The first kappa shape index (κ1) is 15.7. The molecule has 0 amide bonds. The van der Waals surface area contributed by atoms with Gasteiger partial charge in [0.05, 0.1) is 12.7 Å². The summed E-state index contributed by atoms with van der Waals surface area (Å²) >= 11 is 0. The van der Waals surface area contributed by atoms with E-state index in [2.05, 4.69) is 14.9 Å². The molecule has 0 spiro atoms. The van der Waals surface area contributed by atoms with Gasteiger partial charge >= 0.3 is 0 Å². The Morgan fingerprint density at radius 1 is 1.43 bits per heavy atom. The Hall–Kier alpha value is -2.14. The van der Waals surface area contributed by atoms with Crippen LogP contribution in [0.1, 0.15) is 34.7 Å². The fourth-order valence-corrected chi connectivity index (χ4v) is 3.27. The molecule has 23 heavy (non-hydrogen) atoms. The maximum Gasteiger partial charge on any atom is 0.170 e. The molecule has 1 aliphatic rings. The van der Waals surface area contributed by atoms with Crippen molar-refractivity contribution in [1.82, 2.24) is 14.9 Å². The molecule has 0 aliphatic carbocycles. The number of rotatable bonds is 5. The van der Waals surface area contributed by atoms with Gasteiger partial charge in [-0.1, -0.05) is 12.1 Å². The normalized spacial score (nSPS) is 18.8. The number of H-pyrrole nitrogens is 1. The second kappa shape index (κ2) is 6.96. The number of methoxy groups -OCH3 is 1. The van der Waals surface area contributed by atoms with Crippen LogP contribution in [0.5, 0.6) is 5.75 Å². The number of ketones is 1. The minimum atomic E-state index is 0.0315. The Morgan fingerprint density at radius 2 is 2.26 bits per heavy atom. The monoisotopic (exact) mass is 313 g/mol. The van der Waals surface area contributed by atoms with E-state index < -0.39 is 0 Å². The first-order valence-corrected chi connectivity index (χ1v) is 8.07. The predicted molar refractivity (Wildman–Crippen MR) is 88.7 cm³/mol. The van der Waals surface area contributed by atoms with Gasteiger partial charge in [0.1, 0.15) is 11.6 Å². The molecule has 0 saturated carbocycles. The molecule has 1 unspecified atom stereocenters. The highest BCUT2D eigenvalue weighted by Crippen LogP contribution is 2.26. The molecule has 1 saturated heterocycles. The molecule has 3 rings (SSSR count). The number of Topliss-reactive ketones (excluding diaryl/α,β-unsaturated/α-hetero) is 1. The number of aryl methyl sites for hydroxylation is 1. The summed E-state index contributed by atoms with van der Waals surface area (Å²) in [5, 5.41) is 0. The average molecular weight is 313 g/mol. The quantitative estimate of drug-likeness (QED) is 0.862. The van der Waals surface area contributed by atoms with Crippen molar-refractivity contribution in [3.8, 4) is 5.75 Å². The smallest absolute Gasteiger partial charge is 0.170 e. The van der Waals surface area contributed by atoms with Crippen molar-refractivity contribution in [2.75, 3.05) is 20.2 Å². The van der Waals surface area contributed by atoms with Crippen LogP contribution >= 0.6 is 0 Å². The summed E-state index contributed by atoms with van der Waals surface area (Å²) in [6.07, 6.45) is 3.86. The van der Waals surface area contributed by atoms with Gasteiger partial charge in [-0.25, -0.2) is 4.98 Å². The fraction of sp³-hybridized carbons (Fsp3) is 0.444. The molecular formula is C18H23N3O2. The molecule has 0 bridgehead atoms. The topological polar surface area (TPSA) is 58.2 Å². The van der Waals surface area contributed by atoms with Gasteiger partial charge in [-0.2, -0.15) is 0 Å². The zero-order valence-electron chi connectivity index (χ0n) is 13.7. The van der Waals surface area contributed by atoms with Gasteiger partial charge in [0, 0.05) is 30.9 Å². The largest absolute Gasteiger partial charge is 0.496 e. The van der Waals surface area contributed by atoms with E-state index in [1.165, 1.54) is 0 Å². The summed E-state index contributed by atoms with van der Waals surface area (Å²) < 4.78 is 5.33. The van der Waals surface area contributed by atoms with Gasteiger partial charge in [-0.15, -0.1) is 0 Å². The van der Waals surface area contributed by atoms with Crippen LogP contribution in [0.3, 0.4) is 0 Å². The number of likely N-dealkylation sites (tertiary alicyclic amines) is 1. The van der Waals surface area contributed by atoms with Gasteiger partial charge < -0.3 is 9.72 Å². The molecule has 1 atom stereocenters. The lowest BCUT2D eigenvalue weighted by Gasteiger charge is -2.31. The lowest BCUT2D eigenvalue weighted by atomic mass is 9.89. The number of ether oxygens (including phenoxy) is 1. The number of benzene rings is 1. The second-order valence-corrected chi connectivity index (χ2v) is 6.13. The van der Waals surface area contributed by atoms with Crippen molar-refractivity contribution in [1.29, 1.82) is 0 Å². The van der Waals surface area contributed by atoms with Crippen LogP contribution in [0.2, 0.25) is 0 Å². The highest BCUT2D eigenvalue weighted by Gasteiger charge is 2.28.